The van der Waals surface area contributed by atoms with Gasteiger partial charge in [0.1, 0.15) is 11.5 Å². The summed E-state index contributed by atoms with van der Waals surface area (Å²) >= 11 is 5.05. The average Bonchev–Trinajstić information content (AvgIpc) is 2.82. The highest BCUT2D eigenvalue weighted by atomic mass is 32.1. The van der Waals surface area contributed by atoms with Crippen LogP contribution in [0.5, 0.6) is 11.5 Å². The summed E-state index contributed by atoms with van der Waals surface area (Å²) in [5.41, 5.74) is 7.49. The largest absolute Gasteiger partial charge is 0.493 e. The highest BCUT2D eigenvalue weighted by Gasteiger charge is 2.09. The van der Waals surface area contributed by atoms with Crippen LogP contribution in [0.1, 0.15) is 21.5 Å². The molecule has 0 spiro atoms. The summed E-state index contributed by atoms with van der Waals surface area (Å²) in [7, 11) is 0. The fourth-order valence-corrected chi connectivity index (χ4v) is 3.00. The molecule has 0 radical (unpaired) electrons. The Morgan fingerprint density at radius 3 is 2.33 bits per heavy atom. The molecular weight excluding hydrogens is 438 g/mol. The van der Waals surface area contributed by atoms with Crippen molar-refractivity contribution in [3.8, 4) is 11.5 Å². The monoisotopic (exact) mass is 463 g/mol. The van der Waals surface area contributed by atoms with Crippen LogP contribution in [-0.2, 0) is 11.2 Å². The van der Waals surface area contributed by atoms with Gasteiger partial charge in [-0.05, 0) is 66.7 Å². The van der Waals surface area contributed by atoms with Crippen LogP contribution in [0.3, 0.4) is 0 Å². The first kappa shape index (κ1) is 23.7. The molecule has 0 fully saturated rings. The lowest BCUT2D eigenvalue weighted by molar-refractivity contribution is -0.123. The van der Waals surface area contributed by atoms with E-state index < -0.39 is 11.8 Å². The van der Waals surface area contributed by atoms with Gasteiger partial charge in [0.15, 0.2) is 11.7 Å². The predicted molar refractivity (Wildman–Crippen MR) is 130 cm³/mol. The van der Waals surface area contributed by atoms with E-state index in [0.717, 1.165) is 12.0 Å². The maximum atomic E-state index is 12.3. The first-order chi connectivity index (χ1) is 16.0. The Morgan fingerprint density at radius 2 is 1.61 bits per heavy atom. The maximum absolute atomic E-state index is 12.3. The summed E-state index contributed by atoms with van der Waals surface area (Å²) in [6.07, 6.45) is 0.796. The number of benzene rings is 3. The van der Waals surface area contributed by atoms with Crippen molar-refractivity contribution in [3.63, 3.8) is 0 Å². The SMILES string of the molecule is Cc1cccc(OCC(=O)NNC(=S)NC(=O)c2ccc(OCCc3ccccc3)cc2)c1. The highest BCUT2D eigenvalue weighted by molar-refractivity contribution is 7.80. The van der Waals surface area contributed by atoms with E-state index >= 15 is 0 Å². The second-order valence-corrected chi connectivity index (χ2v) is 7.58. The van der Waals surface area contributed by atoms with Gasteiger partial charge in [-0.2, -0.15) is 0 Å². The average molecular weight is 464 g/mol. The third kappa shape index (κ3) is 8.27. The van der Waals surface area contributed by atoms with E-state index in [0.29, 0.717) is 23.7 Å². The normalized spacial score (nSPS) is 10.1. The molecule has 33 heavy (non-hydrogen) atoms. The van der Waals surface area contributed by atoms with Gasteiger partial charge in [0.25, 0.3) is 11.8 Å². The molecular formula is C25H25N3O4S. The minimum absolute atomic E-state index is 0.0351. The standard InChI is InChI=1S/C25H25N3O4S/c1-18-6-5-9-22(16-18)32-17-23(29)27-28-25(33)26-24(30)20-10-12-21(13-11-20)31-15-14-19-7-3-2-4-8-19/h2-13,16H,14-15,17H2,1H3,(H,27,29)(H2,26,28,30,33). The molecule has 3 N–H and O–H groups in total. The Kier molecular flexibility index (Phi) is 8.79. The number of amides is 2. The second-order valence-electron chi connectivity index (χ2n) is 7.17. The molecule has 0 atom stereocenters. The quantitative estimate of drug-likeness (QED) is 0.351. The van der Waals surface area contributed by atoms with Crippen molar-refractivity contribution in [2.75, 3.05) is 13.2 Å². The smallest absolute Gasteiger partial charge is 0.276 e. The summed E-state index contributed by atoms with van der Waals surface area (Å²) in [4.78, 5) is 24.2. The number of rotatable bonds is 8. The summed E-state index contributed by atoms with van der Waals surface area (Å²) in [6.45, 7) is 2.28. The molecule has 0 bridgehead atoms. The molecule has 0 aromatic heterocycles. The lowest BCUT2D eigenvalue weighted by Crippen LogP contribution is -2.49. The summed E-state index contributed by atoms with van der Waals surface area (Å²) in [5.74, 6) is 0.413. The Balaban J connectivity index is 1.36. The van der Waals surface area contributed by atoms with Crippen molar-refractivity contribution in [2.45, 2.75) is 13.3 Å². The number of aryl methyl sites for hydroxylation is 1. The molecule has 0 aliphatic heterocycles. The molecule has 0 aliphatic carbocycles. The minimum atomic E-state index is -0.440. The lowest BCUT2D eigenvalue weighted by atomic mass is 10.2. The topological polar surface area (TPSA) is 88.7 Å². The minimum Gasteiger partial charge on any atom is -0.493 e. The van der Waals surface area contributed by atoms with Crippen molar-refractivity contribution in [2.24, 2.45) is 0 Å². The zero-order valence-electron chi connectivity index (χ0n) is 18.2. The zero-order valence-corrected chi connectivity index (χ0v) is 19.0. The van der Waals surface area contributed by atoms with Gasteiger partial charge >= 0.3 is 0 Å². The molecule has 3 aromatic rings. The number of ether oxygens (including phenoxy) is 2. The van der Waals surface area contributed by atoms with Gasteiger partial charge in [-0.3, -0.25) is 25.8 Å². The van der Waals surface area contributed by atoms with Gasteiger partial charge in [-0.25, -0.2) is 0 Å². The van der Waals surface area contributed by atoms with Crippen LogP contribution in [0.15, 0.2) is 78.9 Å². The molecule has 3 rings (SSSR count). The van der Waals surface area contributed by atoms with Crippen molar-refractivity contribution < 1.29 is 19.1 Å². The summed E-state index contributed by atoms with van der Waals surface area (Å²) < 4.78 is 11.1. The van der Waals surface area contributed by atoms with E-state index in [2.05, 4.69) is 16.2 Å². The molecule has 0 saturated heterocycles. The lowest BCUT2D eigenvalue weighted by Gasteiger charge is -2.12. The maximum Gasteiger partial charge on any atom is 0.276 e. The number of hydrazine groups is 1. The van der Waals surface area contributed by atoms with Crippen LogP contribution in [0.25, 0.3) is 0 Å². The Hall–Kier alpha value is -3.91. The van der Waals surface area contributed by atoms with Gasteiger partial charge in [-0.15, -0.1) is 0 Å². The molecule has 3 aromatic carbocycles. The molecule has 8 heteroatoms. The number of nitrogens with one attached hydrogen (secondary N) is 3. The molecule has 0 aliphatic rings. The van der Waals surface area contributed by atoms with Crippen molar-refractivity contribution in [1.29, 1.82) is 0 Å². The van der Waals surface area contributed by atoms with Crippen LogP contribution < -0.4 is 25.6 Å². The third-order valence-corrected chi connectivity index (χ3v) is 4.72. The second kappa shape index (κ2) is 12.2. The van der Waals surface area contributed by atoms with E-state index in [1.165, 1.54) is 5.56 Å². The molecule has 0 heterocycles. The van der Waals surface area contributed by atoms with Crippen LogP contribution in [0, 0.1) is 6.92 Å². The molecule has 170 valence electrons. The first-order valence-electron chi connectivity index (χ1n) is 10.4. The first-order valence-corrected chi connectivity index (χ1v) is 10.8. The predicted octanol–water partition coefficient (Wildman–Crippen LogP) is 3.33. The number of thiocarbonyl (C=S) groups is 1. The van der Waals surface area contributed by atoms with Crippen molar-refractivity contribution >= 4 is 29.1 Å². The van der Waals surface area contributed by atoms with Gasteiger partial charge in [0, 0.05) is 12.0 Å². The zero-order chi connectivity index (χ0) is 23.5. The Labute approximate surface area is 198 Å². The van der Waals surface area contributed by atoms with Crippen LogP contribution >= 0.6 is 12.2 Å². The van der Waals surface area contributed by atoms with E-state index in [1.807, 2.05) is 55.5 Å². The fraction of sp³-hybridized carbons (Fsp3) is 0.160. The van der Waals surface area contributed by atoms with Gasteiger partial charge < -0.3 is 9.47 Å². The Morgan fingerprint density at radius 1 is 0.848 bits per heavy atom. The summed E-state index contributed by atoms with van der Waals surface area (Å²) in [6, 6.07) is 24.2. The van der Waals surface area contributed by atoms with E-state index in [-0.39, 0.29) is 11.7 Å². The number of carbonyl (C=O) groups excluding carboxylic acids is 2. The van der Waals surface area contributed by atoms with Crippen molar-refractivity contribution in [1.82, 2.24) is 16.2 Å². The fourth-order valence-electron chi connectivity index (χ4n) is 2.86. The van der Waals surface area contributed by atoms with Crippen LogP contribution in [-0.4, -0.2) is 30.1 Å². The van der Waals surface area contributed by atoms with Crippen molar-refractivity contribution in [3.05, 3.63) is 95.6 Å². The van der Waals surface area contributed by atoms with Gasteiger partial charge in [-0.1, -0.05) is 42.5 Å². The van der Waals surface area contributed by atoms with Crippen LogP contribution in [0.2, 0.25) is 0 Å². The van der Waals surface area contributed by atoms with E-state index in [4.69, 9.17) is 21.7 Å². The van der Waals surface area contributed by atoms with E-state index in [1.54, 1.807) is 30.3 Å². The van der Waals surface area contributed by atoms with Crippen LogP contribution in [0.4, 0.5) is 0 Å². The van der Waals surface area contributed by atoms with E-state index in [9.17, 15) is 9.59 Å². The number of hydrogen-bond donors (Lipinski definition) is 3. The van der Waals surface area contributed by atoms with Gasteiger partial charge in [0.05, 0.1) is 6.61 Å². The molecule has 0 unspecified atom stereocenters. The molecule has 0 saturated carbocycles. The highest BCUT2D eigenvalue weighted by Crippen LogP contribution is 2.13. The number of hydrogen-bond acceptors (Lipinski definition) is 5. The number of carbonyl (C=O) groups is 2. The summed E-state index contributed by atoms with van der Waals surface area (Å²) in [5, 5.41) is 2.47. The molecule has 7 nitrogen and oxygen atoms in total. The molecule has 2 amide bonds. The van der Waals surface area contributed by atoms with Gasteiger partial charge in [0.2, 0.25) is 0 Å². The Bertz CT molecular complexity index is 1090. The third-order valence-electron chi connectivity index (χ3n) is 4.52.